The third-order valence-corrected chi connectivity index (χ3v) is 7.11. The molecule has 0 aliphatic carbocycles. The minimum atomic E-state index is -4.59. The van der Waals surface area contributed by atoms with Gasteiger partial charge in [-0.25, -0.2) is 24.6 Å². The van der Waals surface area contributed by atoms with Crippen LogP contribution in [-0.4, -0.2) is 72.8 Å². The van der Waals surface area contributed by atoms with Crippen LogP contribution >= 0.6 is 11.3 Å². The van der Waals surface area contributed by atoms with E-state index in [4.69, 9.17) is 4.74 Å². The first-order valence-corrected chi connectivity index (χ1v) is 12.4. The van der Waals surface area contributed by atoms with Gasteiger partial charge < -0.3 is 14.5 Å². The summed E-state index contributed by atoms with van der Waals surface area (Å²) in [5.74, 6) is -0.136. The van der Waals surface area contributed by atoms with Crippen LogP contribution in [0.5, 0.6) is 6.01 Å². The Morgan fingerprint density at radius 2 is 1.97 bits per heavy atom. The summed E-state index contributed by atoms with van der Waals surface area (Å²) in [6.07, 6.45) is 1.52. The number of carbonyl (C=O) groups excluding carboxylic acids is 1. The number of amides is 1. The average molecular weight is 533 g/mol. The molecule has 10 nitrogen and oxygen atoms in total. The number of nitrogens with zero attached hydrogens (tertiary/aromatic N) is 8. The molecule has 4 aromatic heterocycles. The van der Waals surface area contributed by atoms with E-state index in [1.807, 2.05) is 17.9 Å². The smallest absolute Gasteiger partial charge is 0.443 e. The Morgan fingerprint density at radius 3 is 2.68 bits per heavy atom. The number of ether oxygens (including phenoxy) is 1. The number of rotatable bonds is 6. The maximum atomic E-state index is 13.6. The lowest BCUT2D eigenvalue weighted by Crippen LogP contribution is -2.54. The lowest BCUT2D eigenvalue weighted by Gasteiger charge is -2.40. The van der Waals surface area contributed by atoms with Gasteiger partial charge in [0.25, 0.3) is 0 Å². The minimum Gasteiger partial charge on any atom is -0.464 e. The van der Waals surface area contributed by atoms with Crippen molar-refractivity contribution in [2.45, 2.75) is 32.6 Å². The standard InChI is InChI=1S/C23H23F3N8O2S/c1-3-36-22-28-9-16(10-29-22)18-20(37-21(31-18)23(24,25)26)32-7-8-33(14(2)12-32)17(35)13-34-19-15(11-30-34)5-4-6-27-19/h4-6,9-11,14H,3,7-8,12-13H2,1-2H3/t14-/m1/s1. The molecule has 194 valence electrons. The van der Waals surface area contributed by atoms with Crippen LogP contribution in [0.25, 0.3) is 22.3 Å². The highest BCUT2D eigenvalue weighted by atomic mass is 32.1. The summed E-state index contributed by atoms with van der Waals surface area (Å²) in [6.45, 7) is 5.07. The summed E-state index contributed by atoms with van der Waals surface area (Å²) >= 11 is 0.576. The van der Waals surface area contributed by atoms with Gasteiger partial charge in [-0.1, -0.05) is 11.3 Å². The summed E-state index contributed by atoms with van der Waals surface area (Å²) in [5, 5.41) is 4.52. The van der Waals surface area contributed by atoms with E-state index in [9.17, 15) is 18.0 Å². The Balaban J connectivity index is 1.35. The van der Waals surface area contributed by atoms with Crippen LogP contribution in [0.4, 0.5) is 18.2 Å². The number of pyridine rings is 1. The Kier molecular flexibility index (Phi) is 6.67. The normalized spacial score (nSPS) is 16.4. The Morgan fingerprint density at radius 1 is 1.19 bits per heavy atom. The molecule has 0 bridgehead atoms. The van der Waals surface area contributed by atoms with Crippen molar-refractivity contribution in [1.29, 1.82) is 0 Å². The molecule has 0 radical (unpaired) electrons. The van der Waals surface area contributed by atoms with E-state index in [1.54, 1.807) is 35.0 Å². The number of aromatic nitrogens is 6. The Bertz CT molecular complexity index is 1410. The average Bonchev–Trinajstić information content (AvgIpc) is 3.50. The fraction of sp³-hybridized carbons (Fsp3) is 0.391. The van der Waals surface area contributed by atoms with E-state index in [2.05, 4.69) is 25.0 Å². The molecular formula is C23H23F3N8O2S. The van der Waals surface area contributed by atoms with Crippen LogP contribution in [0.15, 0.2) is 36.9 Å². The van der Waals surface area contributed by atoms with Crippen molar-refractivity contribution in [1.82, 2.24) is 34.6 Å². The van der Waals surface area contributed by atoms with Crippen LogP contribution in [0, 0.1) is 0 Å². The zero-order chi connectivity index (χ0) is 26.2. The summed E-state index contributed by atoms with van der Waals surface area (Å²) in [6, 6.07) is 3.56. The van der Waals surface area contributed by atoms with Crippen LogP contribution < -0.4 is 9.64 Å². The molecule has 4 aromatic rings. The molecular weight excluding hydrogens is 509 g/mol. The van der Waals surface area contributed by atoms with Crippen molar-refractivity contribution in [3.63, 3.8) is 0 Å². The number of halogens is 3. The van der Waals surface area contributed by atoms with Crippen LogP contribution in [0.2, 0.25) is 0 Å². The van der Waals surface area contributed by atoms with Crippen molar-refractivity contribution < 1.29 is 22.7 Å². The van der Waals surface area contributed by atoms with Crippen LogP contribution in [-0.2, 0) is 17.5 Å². The fourth-order valence-corrected chi connectivity index (χ4v) is 5.23. The molecule has 1 aliphatic rings. The van der Waals surface area contributed by atoms with E-state index >= 15 is 0 Å². The number of carbonyl (C=O) groups is 1. The fourth-order valence-electron chi connectivity index (χ4n) is 4.24. The minimum absolute atomic E-state index is 0.0262. The number of hydrogen-bond donors (Lipinski definition) is 0. The molecule has 0 aromatic carbocycles. The van der Waals surface area contributed by atoms with Gasteiger partial charge in [-0.2, -0.15) is 18.3 Å². The van der Waals surface area contributed by atoms with E-state index < -0.39 is 11.2 Å². The molecule has 5 heterocycles. The molecule has 1 atom stereocenters. The third-order valence-electron chi connectivity index (χ3n) is 5.94. The number of fused-ring (bicyclic) bond motifs is 1. The topological polar surface area (TPSA) is 102 Å². The lowest BCUT2D eigenvalue weighted by atomic mass is 10.1. The van der Waals surface area contributed by atoms with Gasteiger partial charge in [-0.05, 0) is 26.0 Å². The van der Waals surface area contributed by atoms with Gasteiger partial charge in [0.15, 0.2) is 5.65 Å². The number of alkyl halides is 3. The SMILES string of the molecule is CCOc1ncc(-c2nc(C(F)(F)F)sc2N2CCN(C(=O)Cn3ncc4cccnc43)[C@H](C)C2)cn1. The first-order valence-electron chi connectivity index (χ1n) is 11.6. The predicted octanol–water partition coefficient (Wildman–Crippen LogP) is 3.50. The second-order valence-corrected chi connectivity index (χ2v) is 9.44. The molecule has 1 aliphatic heterocycles. The number of anilines is 1. The molecule has 1 amide bonds. The molecule has 0 N–H and O–H groups in total. The summed E-state index contributed by atoms with van der Waals surface area (Å²) in [5.41, 5.74) is 1.13. The van der Waals surface area contributed by atoms with E-state index in [0.717, 1.165) is 5.39 Å². The van der Waals surface area contributed by atoms with Crippen molar-refractivity contribution in [3.8, 4) is 17.3 Å². The lowest BCUT2D eigenvalue weighted by molar-refractivity contribution is -0.137. The molecule has 1 saturated heterocycles. The largest absolute Gasteiger partial charge is 0.464 e. The number of piperazine rings is 1. The van der Waals surface area contributed by atoms with Crippen LogP contribution in [0.1, 0.15) is 18.9 Å². The highest BCUT2D eigenvalue weighted by Crippen LogP contribution is 2.43. The zero-order valence-corrected chi connectivity index (χ0v) is 20.8. The zero-order valence-electron chi connectivity index (χ0n) is 20.0. The summed E-state index contributed by atoms with van der Waals surface area (Å²) < 4.78 is 47.5. The maximum absolute atomic E-state index is 13.6. The van der Waals surface area contributed by atoms with Crippen LogP contribution in [0.3, 0.4) is 0 Å². The second kappa shape index (κ2) is 9.92. The van der Waals surface area contributed by atoms with Gasteiger partial charge in [0.2, 0.25) is 10.9 Å². The maximum Gasteiger partial charge on any atom is 0.443 e. The molecule has 37 heavy (non-hydrogen) atoms. The van der Waals surface area contributed by atoms with Crippen molar-refractivity contribution in [3.05, 3.63) is 41.9 Å². The third kappa shape index (κ3) is 5.05. The molecule has 0 saturated carbocycles. The molecule has 0 unspecified atom stereocenters. The van der Waals surface area contributed by atoms with Crippen molar-refractivity contribution in [2.24, 2.45) is 0 Å². The number of thiazole rings is 1. The van der Waals surface area contributed by atoms with Gasteiger partial charge in [0.05, 0.1) is 12.8 Å². The van der Waals surface area contributed by atoms with E-state index in [1.165, 1.54) is 12.4 Å². The molecule has 5 rings (SSSR count). The van der Waals surface area contributed by atoms with Crippen molar-refractivity contribution >= 4 is 33.3 Å². The Labute approximate surface area is 213 Å². The van der Waals surface area contributed by atoms with E-state index in [0.29, 0.717) is 53.8 Å². The predicted molar refractivity (Wildman–Crippen MR) is 130 cm³/mol. The summed E-state index contributed by atoms with van der Waals surface area (Å²) in [4.78, 5) is 33.0. The van der Waals surface area contributed by atoms with Crippen molar-refractivity contribution in [2.75, 3.05) is 31.1 Å². The van der Waals surface area contributed by atoms with Gasteiger partial charge >= 0.3 is 12.2 Å². The monoisotopic (exact) mass is 532 g/mol. The quantitative estimate of drug-likeness (QED) is 0.372. The van der Waals surface area contributed by atoms with Gasteiger partial charge in [-0.15, -0.1) is 0 Å². The Hall–Kier alpha value is -3.81. The first kappa shape index (κ1) is 24.9. The number of hydrogen-bond acceptors (Lipinski definition) is 9. The second-order valence-electron chi connectivity index (χ2n) is 8.46. The van der Waals surface area contributed by atoms with Gasteiger partial charge in [0.1, 0.15) is 17.2 Å². The highest BCUT2D eigenvalue weighted by molar-refractivity contribution is 7.16. The molecule has 14 heteroatoms. The molecule has 0 spiro atoms. The first-order chi connectivity index (χ1) is 17.7. The van der Waals surface area contributed by atoms with Gasteiger partial charge in [-0.3, -0.25) is 4.79 Å². The van der Waals surface area contributed by atoms with Gasteiger partial charge in [0, 0.05) is 55.2 Å². The molecule has 1 fully saturated rings. The highest BCUT2D eigenvalue weighted by Gasteiger charge is 2.38. The summed E-state index contributed by atoms with van der Waals surface area (Å²) in [7, 11) is 0. The van der Waals surface area contributed by atoms with E-state index in [-0.39, 0.29) is 30.2 Å².